The number of halogens is 5. The van der Waals surface area contributed by atoms with E-state index in [-0.39, 0.29) is 0 Å². The molecule has 0 fully saturated rings. The van der Waals surface area contributed by atoms with Gasteiger partial charge < -0.3 is 4.43 Å². The highest BCUT2D eigenvalue weighted by Crippen LogP contribution is 2.15. The number of carbonyl (C=O) groups is 1. The van der Waals surface area contributed by atoms with Crippen molar-refractivity contribution in [3.63, 3.8) is 0 Å². The van der Waals surface area contributed by atoms with Crippen LogP contribution in [0.15, 0.2) is 0 Å². The fourth-order valence-corrected chi connectivity index (χ4v) is 2.27. The molecular formula is C10H9F5O2Si. The normalized spacial score (nSPS) is 11.6. The van der Waals surface area contributed by atoms with Crippen molar-refractivity contribution in [1.82, 2.24) is 0 Å². The first kappa shape index (κ1) is 14.6. The Bertz CT molecular complexity index is 461. The Labute approximate surface area is 102 Å². The van der Waals surface area contributed by atoms with Crippen LogP contribution in [0.1, 0.15) is 13.8 Å². The second-order valence-electron chi connectivity index (χ2n) is 3.81. The standard InChI is InChI=1S/C10H9F5O2Si/c1-3(2)10(16)17-18-9-7(14)5(12)4(11)6(13)8(9)15/h3H,18H2,1-2H3. The molecule has 0 amide bonds. The molecule has 0 saturated heterocycles. The summed E-state index contributed by atoms with van der Waals surface area (Å²) in [6, 6.07) is 0. The molecule has 1 aromatic rings. The van der Waals surface area contributed by atoms with E-state index >= 15 is 0 Å². The maximum absolute atomic E-state index is 13.2. The van der Waals surface area contributed by atoms with E-state index in [9.17, 15) is 26.7 Å². The van der Waals surface area contributed by atoms with Crippen molar-refractivity contribution in [1.29, 1.82) is 0 Å². The molecule has 2 nitrogen and oxygen atoms in total. The average Bonchev–Trinajstić information content (AvgIpc) is 2.33. The predicted molar refractivity (Wildman–Crippen MR) is 55.3 cm³/mol. The highest BCUT2D eigenvalue weighted by molar-refractivity contribution is 6.49. The second-order valence-corrected chi connectivity index (χ2v) is 5.10. The molecule has 100 valence electrons. The minimum Gasteiger partial charge on any atom is -0.520 e. The first-order valence-corrected chi connectivity index (χ1v) is 6.22. The van der Waals surface area contributed by atoms with Crippen LogP contribution in [0.4, 0.5) is 22.0 Å². The van der Waals surface area contributed by atoms with Crippen LogP contribution in [0.5, 0.6) is 0 Å². The third-order valence-electron chi connectivity index (χ3n) is 2.13. The highest BCUT2D eigenvalue weighted by Gasteiger charge is 2.26. The topological polar surface area (TPSA) is 26.3 Å². The molecule has 0 aliphatic heterocycles. The molecule has 0 bridgehead atoms. The Hall–Kier alpha value is -1.44. The van der Waals surface area contributed by atoms with E-state index in [1.54, 1.807) is 0 Å². The molecule has 0 aliphatic carbocycles. The smallest absolute Gasteiger partial charge is 0.294 e. The Morgan fingerprint density at radius 2 is 1.33 bits per heavy atom. The lowest BCUT2D eigenvalue weighted by atomic mass is 10.2. The Morgan fingerprint density at radius 3 is 1.72 bits per heavy atom. The SMILES string of the molecule is CC(C)C(=O)O[SiH2]c1c(F)c(F)c(F)c(F)c1F. The van der Waals surface area contributed by atoms with Crippen LogP contribution in [0.3, 0.4) is 0 Å². The summed E-state index contributed by atoms with van der Waals surface area (Å²) < 4.78 is 69.2. The summed E-state index contributed by atoms with van der Waals surface area (Å²) in [5, 5.41) is -1.03. The van der Waals surface area contributed by atoms with Gasteiger partial charge in [-0.25, -0.2) is 22.0 Å². The summed E-state index contributed by atoms with van der Waals surface area (Å²) in [5.41, 5.74) is 0. The van der Waals surface area contributed by atoms with Crippen LogP contribution < -0.4 is 5.19 Å². The number of hydrogen-bond donors (Lipinski definition) is 0. The van der Waals surface area contributed by atoms with Crippen molar-refractivity contribution < 1.29 is 31.2 Å². The first-order valence-electron chi connectivity index (χ1n) is 4.94. The van der Waals surface area contributed by atoms with Crippen molar-refractivity contribution in [2.75, 3.05) is 0 Å². The van der Waals surface area contributed by atoms with Crippen molar-refractivity contribution >= 4 is 20.9 Å². The largest absolute Gasteiger partial charge is 0.520 e. The van der Waals surface area contributed by atoms with Crippen LogP contribution in [0, 0.1) is 35.0 Å². The minimum absolute atomic E-state index is 0.543. The van der Waals surface area contributed by atoms with Gasteiger partial charge >= 0.3 is 0 Å². The monoisotopic (exact) mass is 284 g/mol. The maximum Gasteiger partial charge on any atom is 0.294 e. The van der Waals surface area contributed by atoms with Gasteiger partial charge in [0.2, 0.25) is 5.82 Å². The van der Waals surface area contributed by atoms with E-state index in [4.69, 9.17) is 0 Å². The van der Waals surface area contributed by atoms with E-state index < -0.39 is 55.9 Å². The molecule has 8 heteroatoms. The Balaban J connectivity index is 3.07. The van der Waals surface area contributed by atoms with Gasteiger partial charge in [0.05, 0.1) is 5.19 Å². The molecule has 0 aromatic heterocycles. The van der Waals surface area contributed by atoms with Crippen LogP contribution in [0.25, 0.3) is 0 Å². The highest BCUT2D eigenvalue weighted by atomic mass is 28.2. The number of benzene rings is 1. The quantitative estimate of drug-likeness (QED) is 0.362. The van der Waals surface area contributed by atoms with Crippen molar-refractivity contribution in [3.05, 3.63) is 29.1 Å². The summed E-state index contributed by atoms with van der Waals surface area (Å²) in [4.78, 5) is 11.1. The fourth-order valence-electron chi connectivity index (χ4n) is 1.09. The van der Waals surface area contributed by atoms with Gasteiger partial charge in [-0.1, -0.05) is 13.8 Å². The lowest BCUT2D eigenvalue weighted by molar-refractivity contribution is -0.137. The first-order chi connectivity index (χ1) is 8.27. The zero-order valence-corrected chi connectivity index (χ0v) is 10.9. The van der Waals surface area contributed by atoms with Crippen molar-refractivity contribution in [2.45, 2.75) is 13.8 Å². The fraction of sp³-hybridized carbons (Fsp3) is 0.300. The van der Waals surface area contributed by atoms with Gasteiger partial charge in [-0.3, -0.25) is 4.79 Å². The third-order valence-corrected chi connectivity index (χ3v) is 3.47. The molecule has 0 unspecified atom stereocenters. The zero-order valence-electron chi connectivity index (χ0n) is 9.49. The molecule has 0 spiro atoms. The molecule has 1 aromatic carbocycles. The van der Waals surface area contributed by atoms with Crippen LogP contribution in [-0.2, 0) is 9.22 Å². The zero-order chi connectivity index (χ0) is 14.0. The molecule has 1 rings (SSSR count). The van der Waals surface area contributed by atoms with E-state index in [1.165, 1.54) is 13.8 Å². The summed E-state index contributed by atoms with van der Waals surface area (Å²) in [6.07, 6.45) is 0. The number of carbonyl (C=O) groups excluding carboxylic acids is 1. The van der Waals surface area contributed by atoms with Gasteiger partial charge in [-0.2, -0.15) is 0 Å². The minimum atomic E-state index is -2.36. The molecule has 18 heavy (non-hydrogen) atoms. The van der Waals surface area contributed by atoms with Gasteiger partial charge in [0.25, 0.3) is 15.7 Å². The maximum atomic E-state index is 13.2. The van der Waals surface area contributed by atoms with Gasteiger partial charge in [0.1, 0.15) is 0 Å². The summed E-state index contributed by atoms with van der Waals surface area (Å²) in [5.74, 6) is -11.4. The molecule has 0 radical (unpaired) electrons. The second kappa shape index (κ2) is 5.47. The summed E-state index contributed by atoms with van der Waals surface area (Å²) in [6.45, 7) is 2.96. The molecule has 0 N–H and O–H groups in total. The van der Waals surface area contributed by atoms with E-state index in [2.05, 4.69) is 4.43 Å². The van der Waals surface area contributed by atoms with E-state index in [0.29, 0.717) is 0 Å². The van der Waals surface area contributed by atoms with Gasteiger partial charge in [0, 0.05) is 5.92 Å². The molecule has 0 atom stereocenters. The predicted octanol–water partition coefficient (Wildman–Crippen LogP) is 1.29. The Morgan fingerprint density at radius 1 is 0.944 bits per heavy atom. The molecular weight excluding hydrogens is 275 g/mol. The Kier molecular flexibility index (Phi) is 4.44. The van der Waals surface area contributed by atoms with Crippen molar-refractivity contribution in [3.8, 4) is 0 Å². The molecule has 0 aliphatic rings. The lowest BCUT2D eigenvalue weighted by Gasteiger charge is -2.10. The number of hydrogen-bond acceptors (Lipinski definition) is 2. The van der Waals surface area contributed by atoms with Gasteiger partial charge in [0.15, 0.2) is 23.3 Å². The molecule has 0 heterocycles. The van der Waals surface area contributed by atoms with Gasteiger partial charge in [-0.15, -0.1) is 0 Å². The summed E-state index contributed by atoms with van der Waals surface area (Å²) in [7, 11) is -2.36. The van der Waals surface area contributed by atoms with Gasteiger partial charge in [-0.05, 0) is 0 Å². The van der Waals surface area contributed by atoms with Crippen LogP contribution in [-0.4, -0.2) is 15.7 Å². The average molecular weight is 284 g/mol. The van der Waals surface area contributed by atoms with Crippen LogP contribution >= 0.6 is 0 Å². The van der Waals surface area contributed by atoms with Crippen LogP contribution in [0.2, 0.25) is 0 Å². The molecule has 0 saturated carbocycles. The van der Waals surface area contributed by atoms with Crippen molar-refractivity contribution in [2.24, 2.45) is 5.92 Å². The summed E-state index contributed by atoms with van der Waals surface area (Å²) >= 11 is 0. The van der Waals surface area contributed by atoms with E-state index in [0.717, 1.165) is 0 Å². The van der Waals surface area contributed by atoms with E-state index in [1.807, 2.05) is 0 Å². The lowest BCUT2D eigenvalue weighted by Crippen LogP contribution is -2.31. The number of rotatable bonds is 3. The third kappa shape index (κ3) is 2.69.